The molecule has 0 atom stereocenters. The number of nitro benzene ring substituents is 1. The van der Waals surface area contributed by atoms with Gasteiger partial charge < -0.3 is 10.0 Å². The van der Waals surface area contributed by atoms with E-state index >= 15 is 0 Å². The topological polar surface area (TPSA) is 83.7 Å². The molecule has 6 nitrogen and oxygen atoms in total. The summed E-state index contributed by atoms with van der Waals surface area (Å²) in [5.74, 6) is -1.26. The van der Waals surface area contributed by atoms with Gasteiger partial charge in [-0.2, -0.15) is 0 Å². The van der Waals surface area contributed by atoms with Crippen molar-refractivity contribution in [3.63, 3.8) is 0 Å². The van der Waals surface area contributed by atoms with E-state index in [0.29, 0.717) is 12.2 Å². The predicted molar refractivity (Wildman–Crippen MR) is 75.3 cm³/mol. The highest BCUT2D eigenvalue weighted by molar-refractivity contribution is 5.95. The van der Waals surface area contributed by atoms with Gasteiger partial charge in [-0.3, -0.25) is 10.1 Å². The summed E-state index contributed by atoms with van der Waals surface area (Å²) in [5.41, 5.74) is -0.123. The second-order valence-corrected chi connectivity index (χ2v) is 4.96. The first-order valence-corrected chi connectivity index (χ1v) is 6.83. The second-order valence-electron chi connectivity index (χ2n) is 4.96. The smallest absolute Gasteiger partial charge is 0.342 e. The third-order valence-corrected chi connectivity index (χ3v) is 3.84. The standard InChI is InChI=1S/C14H18N2O4/c1-2-15(10-6-3-4-7-10)12-9-5-8-11(14(17)18)13(12)16(19)20/h5,8-10H,2-4,6-7H2,1H3,(H,17,18). The molecule has 1 aliphatic carbocycles. The zero-order chi connectivity index (χ0) is 14.7. The fraction of sp³-hybridized carbons (Fsp3) is 0.500. The summed E-state index contributed by atoms with van der Waals surface area (Å²) < 4.78 is 0. The number of rotatable bonds is 5. The van der Waals surface area contributed by atoms with Crippen LogP contribution in [0.1, 0.15) is 43.0 Å². The van der Waals surface area contributed by atoms with Gasteiger partial charge in [0.2, 0.25) is 0 Å². The van der Waals surface area contributed by atoms with Gasteiger partial charge in [0.1, 0.15) is 11.3 Å². The van der Waals surface area contributed by atoms with Crippen LogP contribution in [0.3, 0.4) is 0 Å². The molecule has 20 heavy (non-hydrogen) atoms. The summed E-state index contributed by atoms with van der Waals surface area (Å²) in [6, 6.07) is 4.77. The largest absolute Gasteiger partial charge is 0.477 e. The maximum absolute atomic E-state index is 11.3. The van der Waals surface area contributed by atoms with Crippen LogP contribution in [0.25, 0.3) is 0 Å². The van der Waals surface area contributed by atoms with E-state index in [2.05, 4.69) is 0 Å². The monoisotopic (exact) mass is 278 g/mol. The molecule has 1 fully saturated rings. The fourth-order valence-electron chi connectivity index (χ4n) is 2.97. The molecule has 6 heteroatoms. The number of anilines is 1. The Bertz CT molecular complexity index is 524. The van der Waals surface area contributed by atoms with E-state index in [9.17, 15) is 14.9 Å². The molecule has 1 aromatic carbocycles. The number of nitro groups is 1. The van der Waals surface area contributed by atoms with Crippen molar-refractivity contribution in [3.05, 3.63) is 33.9 Å². The maximum Gasteiger partial charge on any atom is 0.342 e. The third kappa shape index (κ3) is 2.59. The Balaban J connectivity index is 2.51. The molecule has 0 amide bonds. The number of para-hydroxylation sites is 1. The second kappa shape index (κ2) is 5.90. The van der Waals surface area contributed by atoms with E-state index in [1.165, 1.54) is 6.07 Å². The minimum Gasteiger partial charge on any atom is -0.477 e. The summed E-state index contributed by atoms with van der Waals surface area (Å²) >= 11 is 0. The zero-order valence-corrected chi connectivity index (χ0v) is 11.4. The molecule has 0 aliphatic heterocycles. The average molecular weight is 278 g/mol. The quantitative estimate of drug-likeness (QED) is 0.661. The van der Waals surface area contributed by atoms with Crippen LogP contribution in [-0.2, 0) is 0 Å². The number of carbonyl (C=O) groups is 1. The van der Waals surface area contributed by atoms with Gasteiger partial charge in [-0.25, -0.2) is 4.79 Å². The van der Waals surface area contributed by atoms with Crippen molar-refractivity contribution in [2.75, 3.05) is 11.4 Å². The molecule has 0 unspecified atom stereocenters. The molecule has 0 heterocycles. The maximum atomic E-state index is 11.3. The summed E-state index contributed by atoms with van der Waals surface area (Å²) in [5, 5.41) is 20.4. The number of benzene rings is 1. The van der Waals surface area contributed by atoms with Crippen molar-refractivity contribution >= 4 is 17.3 Å². The van der Waals surface area contributed by atoms with E-state index < -0.39 is 10.9 Å². The minimum atomic E-state index is -1.26. The van der Waals surface area contributed by atoms with Crippen molar-refractivity contribution in [3.8, 4) is 0 Å². The molecule has 0 radical (unpaired) electrons. The number of hydrogen-bond donors (Lipinski definition) is 1. The molecule has 108 valence electrons. The Kier molecular flexibility index (Phi) is 4.22. The third-order valence-electron chi connectivity index (χ3n) is 3.84. The Morgan fingerprint density at radius 1 is 1.45 bits per heavy atom. The van der Waals surface area contributed by atoms with Crippen LogP contribution in [0, 0.1) is 10.1 Å². The van der Waals surface area contributed by atoms with Crippen LogP contribution in [0.5, 0.6) is 0 Å². The molecule has 1 aromatic rings. The van der Waals surface area contributed by atoms with Gasteiger partial charge in [0.15, 0.2) is 0 Å². The first-order valence-electron chi connectivity index (χ1n) is 6.83. The Hall–Kier alpha value is -2.11. The highest BCUT2D eigenvalue weighted by Gasteiger charge is 2.30. The molecule has 1 saturated carbocycles. The van der Waals surface area contributed by atoms with Crippen LogP contribution in [0.15, 0.2) is 18.2 Å². The molecular formula is C14H18N2O4. The van der Waals surface area contributed by atoms with Crippen LogP contribution < -0.4 is 4.90 Å². The van der Waals surface area contributed by atoms with E-state index in [1.54, 1.807) is 12.1 Å². The molecule has 0 saturated heterocycles. The highest BCUT2D eigenvalue weighted by atomic mass is 16.6. The summed E-state index contributed by atoms with van der Waals surface area (Å²) in [7, 11) is 0. The number of carboxylic acid groups (broad SMARTS) is 1. The lowest BCUT2D eigenvalue weighted by atomic mass is 10.1. The number of nitrogens with zero attached hydrogens (tertiary/aromatic N) is 2. The van der Waals surface area contributed by atoms with E-state index in [1.807, 2.05) is 11.8 Å². The molecule has 0 aromatic heterocycles. The van der Waals surface area contributed by atoms with Gasteiger partial charge >= 0.3 is 11.7 Å². The lowest BCUT2D eigenvalue weighted by Crippen LogP contribution is -2.33. The van der Waals surface area contributed by atoms with Crippen LogP contribution in [-0.4, -0.2) is 28.6 Å². The number of hydrogen-bond acceptors (Lipinski definition) is 4. The van der Waals surface area contributed by atoms with E-state index in [0.717, 1.165) is 25.7 Å². The Morgan fingerprint density at radius 2 is 2.10 bits per heavy atom. The Labute approximate surface area is 117 Å². The molecule has 0 spiro atoms. The average Bonchev–Trinajstić information content (AvgIpc) is 2.93. The van der Waals surface area contributed by atoms with Crippen LogP contribution >= 0.6 is 0 Å². The van der Waals surface area contributed by atoms with Gasteiger partial charge in [-0.15, -0.1) is 0 Å². The van der Waals surface area contributed by atoms with Crippen molar-refractivity contribution in [2.24, 2.45) is 0 Å². The summed E-state index contributed by atoms with van der Waals surface area (Å²) in [4.78, 5) is 23.9. The van der Waals surface area contributed by atoms with Gasteiger partial charge in [0.25, 0.3) is 0 Å². The first kappa shape index (κ1) is 14.3. The van der Waals surface area contributed by atoms with Gasteiger partial charge in [0.05, 0.1) is 4.92 Å². The van der Waals surface area contributed by atoms with E-state index in [-0.39, 0.29) is 17.3 Å². The van der Waals surface area contributed by atoms with Crippen LogP contribution in [0.4, 0.5) is 11.4 Å². The minimum absolute atomic E-state index is 0.246. The number of carboxylic acids is 1. The number of aromatic carboxylic acids is 1. The van der Waals surface area contributed by atoms with Crippen molar-refractivity contribution in [1.29, 1.82) is 0 Å². The zero-order valence-electron chi connectivity index (χ0n) is 11.4. The fourth-order valence-corrected chi connectivity index (χ4v) is 2.97. The SMILES string of the molecule is CCN(c1cccc(C(=O)O)c1[N+](=O)[O-])C1CCCC1. The van der Waals surface area contributed by atoms with Gasteiger partial charge in [-0.05, 0) is 31.9 Å². The highest BCUT2D eigenvalue weighted by Crippen LogP contribution is 2.36. The van der Waals surface area contributed by atoms with Gasteiger partial charge in [0, 0.05) is 12.6 Å². The normalized spacial score (nSPS) is 15.2. The summed E-state index contributed by atoms with van der Waals surface area (Å²) in [6.45, 7) is 2.57. The molecule has 1 aliphatic rings. The predicted octanol–water partition coefficient (Wildman–Crippen LogP) is 3.06. The summed E-state index contributed by atoms with van der Waals surface area (Å²) in [6.07, 6.45) is 4.24. The Morgan fingerprint density at radius 3 is 2.60 bits per heavy atom. The lowest BCUT2D eigenvalue weighted by molar-refractivity contribution is -0.384. The van der Waals surface area contributed by atoms with Crippen molar-refractivity contribution in [2.45, 2.75) is 38.6 Å². The van der Waals surface area contributed by atoms with E-state index in [4.69, 9.17) is 5.11 Å². The van der Waals surface area contributed by atoms with Crippen LogP contribution in [0.2, 0.25) is 0 Å². The van der Waals surface area contributed by atoms with Gasteiger partial charge in [-0.1, -0.05) is 18.9 Å². The lowest BCUT2D eigenvalue weighted by Gasteiger charge is -2.29. The van der Waals surface area contributed by atoms with Crippen molar-refractivity contribution < 1.29 is 14.8 Å². The molecular weight excluding hydrogens is 260 g/mol. The molecule has 0 bridgehead atoms. The first-order chi connectivity index (χ1) is 9.56. The molecule has 1 N–H and O–H groups in total. The molecule has 2 rings (SSSR count). The van der Waals surface area contributed by atoms with Crippen molar-refractivity contribution in [1.82, 2.24) is 0 Å².